The van der Waals surface area contributed by atoms with Crippen molar-refractivity contribution in [1.29, 1.82) is 0 Å². The Balaban J connectivity index is 2.35. The van der Waals surface area contributed by atoms with Gasteiger partial charge in [-0.25, -0.2) is 4.79 Å². The van der Waals surface area contributed by atoms with Gasteiger partial charge in [-0.1, -0.05) is 16.8 Å². The molecule has 0 spiro atoms. The van der Waals surface area contributed by atoms with Crippen molar-refractivity contribution in [2.45, 2.75) is 6.92 Å². The van der Waals surface area contributed by atoms with E-state index in [1.165, 1.54) is 25.2 Å². The number of nitrogens with one attached hydrogen (secondary N) is 2. The highest BCUT2D eigenvalue weighted by Crippen LogP contribution is 2.16. The fraction of sp³-hybridized carbons (Fsp3) is 0.167. The maximum atomic E-state index is 12.0. The standard InChI is InChI=1S/C12H11N3O5/c1-6-3-4-7(11(17)18)5-8(6)13-10(16)9-12(19)20-14-15(9)2/h3-5H,1-2H3,(H2-,13,14,16,17,18,19). The molecule has 0 saturated heterocycles. The summed E-state index contributed by atoms with van der Waals surface area (Å²) in [4.78, 5) is 34.1. The van der Waals surface area contributed by atoms with Gasteiger partial charge in [0.25, 0.3) is 0 Å². The molecule has 8 heteroatoms. The number of aromatic carboxylic acids is 1. The lowest BCUT2D eigenvalue weighted by atomic mass is 10.1. The first-order valence-electron chi connectivity index (χ1n) is 5.61. The molecule has 1 aromatic carbocycles. The van der Waals surface area contributed by atoms with Gasteiger partial charge in [0.15, 0.2) is 7.05 Å². The molecule has 0 aliphatic carbocycles. The summed E-state index contributed by atoms with van der Waals surface area (Å²) in [6.45, 7) is 1.69. The Morgan fingerprint density at radius 1 is 1.40 bits per heavy atom. The second kappa shape index (κ2) is 5.00. The van der Waals surface area contributed by atoms with Gasteiger partial charge >= 0.3 is 17.2 Å². The van der Waals surface area contributed by atoms with E-state index in [1.54, 1.807) is 6.92 Å². The zero-order chi connectivity index (χ0) is 14.9. The van der Waals surface area contributed by atoms with Crippen LogP contribution in [0, 0.1) is 6.92 Å². The third-order valence-electron chi connectivity index (χ3n) is 2.74. The van der Waals surface area contributed by atoms with Crippen LogP contribution in [0.2, 0.25) is 0 Å². The van der Waals surface area contributed by atoms with Crippen LogP contribution < -0.4 is 20.7 Å². The topological polar surface area (TPSA) is 119 Å². The lowest BCUT2D eigenvalue weighted by Gasteiger charge is -2.09. The number of aromatic nitrogens is 2. The molecule has 2 rings (SSSR count). The number of amides is 1. The van der Waals surface area contributed by atoms with Crippen LogP contribution in [0.1, 0.15) is 26.4 Å². The number of hydrogen-bond donors (Lipinski definition) is 2. The Morgan fingerprint density at radius 2 is 2.10 bits per heavy atom. The summed E-state index contributed by atoms with van der Waals surface area (Å²) in [6.07, 6.45) is 0. The molecule has 2 N–H and O–H groups in total. The third kappa shape index (κ3) is 2.44. The highest BCUT2D eigenvalue weighted by molar-refractivity contribution is 6.02. The number of aromatic amines is 1. The van der Waals surface area contributed by atoms with Gasteiger partial charge in [0.1, 0.15) is 0 Å². The second-order valence-corrected chi connectivity index (χ2v) is 4.16. The molecule has 0 unspecified atom stereocenters. The maximum Gasteiger partial charge on any atom is 0.440 e. The molecule has 20 heavy (non-hydrogen) atoms. The van der Waals surface area contributed by atoms with Crippen LogP contribution >= 0.6 is 0 Å². The third-order valence-corrected chi connectivity index (χ3v) is 2.74. The zero-order valence-electron chi connectivity index (χ0n) is 10.7. The van der Waals surface area contributed by atoms with E-state index in [9.17, 15) is 19.5 Å². The molecule has 104 valence electrons. The molecule has 0 saturated carbocycles. The Hall–Kier alpha value is -2.90. The first-order chi connectivity index (χ1) is 9.40. The van der Waals surface area contributed by atoms with Gasteiger partial charge in [-0.15, -0.1) is 0 Å². The predicted molar refractivity (Wildman–Crippen MR) is 64.0 cm³/mol. The van der Waals surface area contributed by atoms with Gasteiger partial charge < -0.3 is 15.2 Å². The van der Waals surface area contributed by atoms with Gasteiger partial charge in [-0.2, -0.15) is 0 Å². The van der Waals surface area contributed by atoms with E-state index in [2.05, 4.69) is 15.1 Å². The summed E-state index contributed by atoms with van der Waals surface area (Å²) in [6, 6.07) is 4.15. The maximum absolute atomic E-state index is 12.0. The number of rotatable bonds is 3. The smallest absolute Gasteiger partial charge is 0.440 e. The molecule has 2 aromatic rings. The van der Waals surface area contributed by atoms with Gasteiger partial charge in [0, 0.05) is 5.69 Å². The quantitative estimate of drug-likeness (QED) is 0.677. The number of nitrogens with zero attached hydrogens (tertiary/aromatic N) is 1. The summed E-state index contributed by atoms with van der Waals surface area (Å²) in [5.41, 5.74) is -0.207. The van der Waals surface area contributed by atoms with Crippen LogP contribution in [0.5, 0.6) is 0 Å². The van der Waals surface area contributed by atoms with E-state index >= 15 is 0 Å². The summed E-state index contributed by atoms with van der Waals surface area (Å²) in [5, 5.41) is 15.5. The zero-order valence-corrected chi connectivity index (χ0v) is 10.7. The number of carbonyl (C=O) groups is 2. The number of H-pyrrole nitrogens is 1. The van der Waals surface area contributed by atoms with E-state index in [0.717, 1.165) is 4.68 Å². The Morgan fingerprint density at radius 3 is 2.65 bits per heavy atom. The first kappa shape index (κ1) is 13.5. The van der Waals surface area contributed by atoms with E-state index in [4.69, 9.17) is 0 Å². The van der Waals surface area contributed by atoms with Crippen molar-refractivity contribution in [3.8, 4) is 0 Å². The fourth-order valence-electron chi connectivity index (χ4n) is 1.65. The average Bonchev–Trinajstić information content (AvgIpc) is 2.71. The SMILES string of the molecule is Cc1ccc(C(=O)[O-])cc1NC(=O)c1c(=O)o[nH][n+]1C. The van der Waals surface area contributed by atoms with Crippen molar-refractivity contribution in [2.24, 2.45) is 7.05 Å². The molecule has 1 aromatic heterocycles. The summed E-state index contributed by atoms with van der Waals surface area (Å²) in [5.74, 6) is -2.06. The first-order valence-corrected chi connectivity index (χ1v) is 5.61. The largest absolute Gasteiger partial charge is 0.545 e. The molecule has 1 amide bonds. The summed E-state index contributed by atoms with van der Waals surface area (Å²) in [7, 11) is 1.43. The molecule has 0 atom stereocenters. The van der Waals surface area contributed by atoms with Gasteiger partial charge in [-0.3, -0.25) is 9.32 Å². The summed E-state index contributed by atoms with van der Waals surface area (Å²) >= 11 is 0. The lowest BCUT2D eigenvalue weighted by Crippen LogP contribution is -2.41. The van der Waals surface area contributed by atoms with Crippen LogP contribution in [-0.4, -0.2) is 17.1 Å². The van der Waals surface area contributed by atoms with Crippen molar-refractivity contribution < 1.29 is 23.9 Å². The van der Waals surface area contributed by atoms with Gasteiger partial charge in [-0.05, 0) is 29.4 Å². The Labute approximate surface area is 112 Å². The molecule has 1 heterocycles. The lowest BCUT2D eigenvalue weighted by molar-refractivity contribution is -0.741. The number of benzene rings is 1. The molecule has 8 nitrogen and oxygen atoms in total. The number of aryl methyl sites for hydroxylation is 2. The molecular weight excluding hydrogens is 266 g/mol. The molecule has 0 bridgehead atoms. The fourth-order valence-corrected chi connectivity index (χ4v) is 1.65. The number of carboxylic acid groups (broad SMARTS) is 1. The monoisotopic (exact) mass is 277 g/mol. The minimum atomic E-state index is -1.35. The van der Waals surface area contributed by atoms with Crippen molar-refractivity contribution >= 4 is 17.6 Å². The molecular formula is C12H11N3O5. The normalized spacial score (nSPS) is 10.3. The number of carbonyl (C=O) groups excluding carboxylic acids is 2. The van der Waals surface area contributed by atoms with Gasteiger partial charge in [0.05, 0.1) is 5.97 Å². The molecule has 0 radical (unpaired) electrons. The Bertz CT molecular complexity index is 744. The highest BCUT2D eigenvalue weighted by atomic mass is 16.5. The van der Waals surface area contributed by atoms with Crippen LogP contribution in [0.25, 0.3) is 0 Å². The van der Waals surface area contributed by atoms with Crippen LogP contribution in [-0.2, 0) is 7.05 Å². The van der Waals surface area contributed by atoms with E-state index in [1.807, 2.05) is 0 Å². The van der Waals surface area contributed by atoms with E-state index in [0.29, 0.717) is 5.56 Å². The Kier molecular flexibility index (Phi) is 3.38. The van der Waals surface area contributed by atoms with E-state index in [-0.39, 0.29) is 16.9 Å². The number of hydrogen-bond acceptors (Lipinski definition) is 5. The second-order valence-electron chi connectivity index (χ2n) is 4.16. The van der Waals surface area contributed by atoms with E-state index < -0.39 is 17.5 Å². The number of anilines is 1. The van der Waals surface area contributed by atoms with Gasteiger partial charge in [0.2, 0.25) is 0 Å². The molecule has 0 fully saturated rings. The minimum Gasteiger partial charge on any atom is -0.545 e. The van der Waals surface area contributed by atoms with Crippen LogP contribution in [0.4, 0.5) is 5.69 Å². The van der Waals surface area contributed by atoms with Crippen molar-refractivity contribution in [1.82, 2.24) is 5.27 Å². The van der Waals surface area contributed by atoms with Crippen molar-refractivity contribution in [2.75, 3.05) is 5.32 Å². The predicted octanol–water partition coefficient (Wildman–Crippen LogP) is -1.28. The van der Waals surface area contributed by atoms with Crippen LogP contribution in [0.15, 0.2) is 27.5 Å². The molecule has 0 aliphatic rings. The average molecular weight is 277 g/mol. The number of carboxylic acids is 1. The summed E-state index contributed by atoms with van der Waals surface area (Å²) < 4.78 is 5.58. The molecule has 0 aliphatic heterocycles. The highest BCUT2D eigenvalue weighted by Gasteiger charge is 2.26. The van der Waals surface area contributed by atoms with Crippen LogP contribution in [0.3, 0.4) is 0 Å². The minimum absolute atomic E-state index is 0.0728. The van der Waals surface area contributed by atoms with Crippen molar-refractivity contribution in [3.05, 3.63) is 45.4 Å². The van der Waals surface area contributed by atoms with Crippen molar-refractivity contribution in [3.63, 3.8) is 0 Å².